The Balaban J connectivity index is 1.88. The van der Waals surface area contributed by atoms with Gasteiger partial charge in [0.15, 0.2) is 0 Å². The van der Waals surface area contributed by atoms with Gasteiger partial charge in [-0.25, -0.2) is 0 Å². The molecule has 1 aliphatic heterocycles. The van der Waals surface area contributed by atoms with Gasteiger partial charge in [0.05, 0.1) is 31.5 Å². The zero-order chi connectivity index (χ0) is 9.15. The Labute approximate surface area is 76.6 Å². The summed E-state index contributed by atoms with van der Waals surface area (Å²) < 4.78 is 11.3. The lowest BCUT2D eigenvalue weighted by molar-refractivity contribution is -0.225. The van der Waals surface area contributed by atoms with Gasteiger partial charge in [0.25, 0.3) is 0 Å². The fourth-order valence-corrected chi connectivity index (χ4v) is 1.85. The van der Waals surface area contributed by atoms with Crippen LogP contribution in [0.2, 0.25) is 0 Å². The monoisotopic (exact) mass is 183 g/mol. The number of nitrogens with zero attached hydrogens (tertiary/aromatic N) is 3. The van der Waals surface area contributed by atoms with Crippen molar-refractivity contribution in [3.05, 3.63) is 10.4 Å². The molecule has 72 valence electrons. The van der Waals surface area contributed by atoms with Gasteiger partial charge in [0.1, 0.15) is 0 Å². The summed E-state index contributed by atoms with van der Waals surface area (Å²) >= 11 is 0. The zero-order valence-electron chi connectivity index (χ0n) is 7.48. The largest absolute Gasteiger partial charge is 0.376 e. The summed E-state index contributed by atoms with van der Waals surface area (Å²) in [5, 5.41) is 3.49. The van der Waals surface area contributed by atoms with Crippen molar-refractivity contribution < 1.29 is 9.47 Å². The van der Waals surface area contributed by atoms with Gasteiger partial charge in [-0.3, -0.25) is 0 Å². The summed E-state index contributed by atoms with van der Waals surface area (Å²) in [6, 6.07) is 0. The number of hydrogen-bond acceptors (Lipinski definition) is 3. The van der Waals surface area contributed by atoms with Gasteiger partial charge in [0.2, 0.25) is 0 Å². The fourth-order valence-electron chi connectivity index (χ4n) is 1.85. The molecule has 2 fully saturated rings. The minimum absolute atomic E-state index is 0.0338. The topological polar surface area (TPSA) is 67.2 Å². The van der Waals surface area contributed by atoms with E-state index < -0.39 is 0 Å². The molecule has 0 aromatic rings. The first-order valence-corrected chi connectivity index (χ1v) is 4.61. The third-order valence-corrected chi connectivity index (χ3v) is 2.70. The van der Waals surface area contributed by atoms with E-state index in [2.05, 4.69) is 10.0 Å². The molecule has 0 amide bonds. The molecule has 1 saturated carbocycles. The molecule has 1 saturated heterocycles. The molecule has 1 unspecified atom stereocenters. The van der Waals surface area contributed by atoms with Crippen molar-refractivity contribution in [2.45, 2.75) is 31.0 Å². The molecule has 1 heterocycles. The summed E-state index contributed by atoms with van der Waals surface area (Å²) in [6.45, 7) is 1.65. The van der Waals surface area contributed by atoms with Crippen molar-refractivity contribution in [2.24, 2.45) is 5.11 Å². The third-order valence-electron chi connectivity index (χ3n) is 2.70. The van der Waals surface area contributed by atoms with Gasteiger partial charge in [-0.2, -0.15) is 0 Å². The minimum Gasteiger partial charge on any atom is -0.376 e. The highest BCUT2D eigenvalue weighted by atomic mass is 16.6. The predicted octanol–water partition coefficient (Wildman–Crippen LogP) is 1.63. The first kappa shape index (κ1) is 8.81. The normalized spacial score (nSPS) is 30.6. The summed E-state index contributed by atoms with van der Waals surface area (Å²) in [7, 11) is 0. The highest BCUT2D eigenvalue weighted by Crippen LogP contribution is 2.38. The molecular formula is C8H13N3O2. The fraction of sp³-hybridized carbons (Fsp3) is 1.00. The predicted molar refractivity (Wildman–Crippen MR) is 46.3 cm³/mol. The van der Waals surface area contributed by atoms with E-state index in [9.17, 15) is 0 Å². The Morgan fingerprint density at radius 2 is 2.38 bits per heavy atom. The molecule has 1 atom stereocenters. The van der Waals surface area contributed by atoms with Gasteiger partial charge >= 0.3 is 0 Å². The Morgan fingerprint density at radius 1 is 1.54 bits per heavy atom. The Morgan fingerprint density at radius 3 is 3.00 bits per heavy atom. The maximum atomic E-state index is 8.16. The van der Waals surface area contributed by atoms with Crippen molar-refractivity contribution in [1.29, 1.82) is 0 Å². The van der Waals surface area contributed by atoms with Crippen LogP contribution in [0.1, 0.15) is 19.3 Å². The highest BCUT2D eigenvalue weighted by molar-refractivity contribution is 4.93. The summed E-state index contributed by atoms with van der Waals surface area (Å²) in [5.74, 6) is 0. The molecule has 0 N–H and O–H groups in total. The molecular weight excluding hydrogens is 170 g/mol. The first-order chi connectivity index (χ1) is 6.35. The van der Waals surface area contributed by atoms with Crippen LogP contribution in [0, 0.1) is 0 Å². The van der Waals surface area contributed by atoms with Crippen LogP contribution < -0.4 is 0 Å². The van der Waals surface area contributed by atoms with Crippen molar-refractivity contribution in [1.82, 2.24) is 0 Å². The Hall–Kier alpha value is -0.770. The molecule has 0 aromatic heterocycles. The second-order valence-corrected chi connectivity index (χ2v) is 3.70. The smallest absolute Gasteiger partial charge is 0.0919 e. The summed E-state index contributed by atoms with van der Waals surface area (Å²) in [5.41, 5.74) is 8.13. The molecule has 2 rings (SSSR count). The third kappa shape index (κ3) is 1.77. The van der Waals surface area contributed by atoms with Crippen molar-refractivity contribution in [2.75, 3.05) is 19.8 Å². The van der Waals surface area contributed by atoms with Crippen LogP contribution in [0.3, 0.4) is 0 Å². The summed E-state index contributed by atoms with van der Waals surface area (Å²) in [4.78, 5) is 2.71. The van der Waals surface area contributed by atoms with Crippen LogP contribution in [0.15, 0.2) is 5.11 Å². The lowest BCUT2D eigenvalue weighted by Gasteiger charge is -2.46. The van der Waals surface area contributed by atoms with E-state index in [1.807, 2.05) is 0 Å². The molecule has 13 heavy (non-hydrogen) atoms. The molecule has 0 bridgehead atoms. The number of rotatable bonds is 2. The highest BCUT2D eigenvalue weighted by Gasteiger charge is 2.42. The molecule has 5 heteroatoms. The van der Waals surface area contributed by atoms with Gasteiger partial charge in [-0.05, 0) is 24.8 Å². The van der Waals surface area contributed by atoms with Gasteiger partial charge < -0.3 is 9.47 Å². The van der Waals surface area contributed by atoms with E-state index in [0.717, 1.165) is 12.8 Å². The van der Waals surface area contributed by atoms with Crippen LogP contribution in [0.25, 0.3) is 10.4 Å². The molecule has 0 radical (unpaired) electrons. The van der Waals surface area contributed by atoms with Gasteiger partial charge in [-0.15, -0.1) is 0 Å². The van der Waals surface area contributed by atoms with E-state index in [1.54, 1.807) is 0 Å². The van der Waals surface area contributed by atoms with Crippen molar-refractivity contribution >= 4 is 0 Å². The Kier molecular flexibility index (Phi) is 2.40. The van der Waals surface area contributed by atoms with Crippen LogP contribution in [0.4, 0.5) is 0 Å². The van der Waals surface area contributed by atoms with Gasteiger partial charge in [-0.1, -0.05) is 5.11 Å². The molecule has 2 aliphatic rings. The maximum absolute atomic E-state index is 8.16. The molecule has 1 spiro atoms. The van der Waals surface area contributed by atoms with E-state index in [-0.39, 0.29) is 11.7 Å². The van der Waals surface area contributed by atoms with Crippen LogP contribution >= 0.6 is 0 Å². The van der Waals surface area contributed by atoms with E-state index in [0.29, 0.717) is 19.8 Å². The van der Waals surface area contributed by atoms with E-state index >= 15 is 0 Å². The molecule has 1 aliphatic carbocycles. The average Bonchev–Trinajstić information content (AvgIpc) is 2.13. The number of hydrogen-bond donors (Lipinski definition) is 0. The molecule has 0 aromatic carbocycles. The second-order valence-electron chi connectivity index (χ2n) is 3.70. The Bertz CT molecular complexity index is 234. The van der Waals surface area contributed by atoms with Crippen LogP contribution in [-0.2, 0) is 9.47 Å². The quantitative estimate of drug-likeness (QED) is 0.371. The van der Waals surface area contributed by atoms with Crippen LogP contribution in [0.5, 0.6) is 0 Å². The van der Waals surface area contributed by atoms with Crippen LogP contribution in [-0.4, -0.2) is 31.5 Å². The standard InChI is InChI=1S/C8H13N3O2/c9-11-10-4-7-5-12-6-8(13-7)2-1-3-8/h7H,1-6H2. The summed E-state index contributed by atoms with van der Waals surface area (Å²) in [6.07, 6.45) is 3.35. The maximum Gasteiger partial charge on any atom is 0.0919 e. The molecule has 5 nitrogen and oxygen atoms in total. The first-order valence-electron chi connectivity index (χ1n) is 4.61. The lowest BCUT2D eigenvalue weighted by atomic mass is 9.80. The van der Waals surface area contributed by atoms with Crippen molar-refractivity contribution in [3.8, 4) is 0 Å². The van der Waals surface area contributed by atoms with E-state index in [4.69, 9.17) is 15.0 Å². The average molecular weight is 183 g/mol. The number of ether oxygens (including phenoxy) is 2. The zero-order valence-corrected chi connectivity index (χ0v) is 7.48. The number of azide groups is 1. The van der Waals surface area contributed by atoms with Gasteiger partial charge in [0, 0.05) is 4.91 Å². The minimum atomic E-state index is -0.0371. The van der Waals surface area contributed by atoms with E-state index in [1.165, 1.54) is 6.42 Å². The SMILES string of the molecule is [N-]=[N+]=NCC1COCC2(CCC2)O1. The second kappa shape index (κ2) is 3.54. The van der Waals surface area contributed by atoms with Crippen molar-refractivity contribution in [3.63, 3.8) is 0 Å². The lowest BCUT2D eigenvalue weighted by Crippen LogP contribution is -2.52.